The zero-order valence-corrected chi connectivity index (χ0v) is 10.5. The van der Waals surface area contributed by atoms with Crippen LogP contribution in [0.2, 0.25) is 0 Å². The van der Waals surface area contributed by atoms with Gasteiger partial charge in [0.2, 0.25) is 9.05 Å². The quantitative estimate of drug-likeness (QED) is 0.705. The lowest BCUT2D eigenvalue weighted by molar-refractivity contribution is 0.269. The van der Waals surface area contributed by atoms with Crippen LogP contribution in [0.15, 0.2) is 0 Å². The molecule has 14 heavy (non-hydrogen) atoms. The van der Waals surface area contributed by atoms with Crippen LogP contribution in [0.3, 0.4) is 0 Å². The maximum Gasteiger partial charge on any atom is 0.233 e. The molecule has 0 spiro atoms. The van der Waals surface area contributed by atoms with Gasteiger partial charge in [-0.05, 0) is 30.6 Å². The summed E-state index contributed by atoms with van der Waals surface area (Å²) in [6, 6.07) is 0. The maximum absolute atomic E-state index is 11.1. The van der Waals surface area contributed by atoms with Crippen molar-refractivity contribution in [2.75, 3.05) is 5.75 Å². The molecule has 0 aliphatic heterocycles. The first kappa shape index (κ1) is 12.3. The predicted octanol–water partition coefficient (Wildman–Crippen LogP) is 3.16. The highest BCUT2D eigenvalue weighted by Crippen LogP contribution is 2.44. The third-order valence-electron chi connectivity index (χ3n) is 2.98. The summed E-state index contributed by atoms with van der Waals surface area (Å²) in [6.45, 7) is 4.28. The van der Waals surface area contributed by atoms with Crippen LogP contribution < -0.4 is 0 Å². The van der Waals surface area contributed by atoms with Crippen LogP contribution in [0.5, 0.6) is 0 Å². The molecule has 1 aliphatic rings. The van der Waals surface area contributed by atoms with Crippen LogP contribution in [-0.2, 0) is 9.05 Å². The van der Waals surface area contributed by atoms with Crippen molar-refractivity contribution in [3.8, 4) is 0 Å². The van der Waals surface area contributed by atoms with E-state index in [0.29, 0.717) is 5.92 Å². The van der Waals surface area contributed by atoms with Gasteiger partial charge < -0.3 is 0 Å². The van der Waals surface area contributed by atoms with Crippen molar-refractivity contribution >= 4 is 19.7 Å². The Kier molecular flexibility index (Phi) is 3.87. The summed E-state index contributed by atoms with van der Waals surface area (Å²) >= 11 is 0. The minimum Gasteiger partial charge on any atom is -0.212 e. The Balaban J connectivity index is 2.72. The Labute approximate surface area is 91.5 Å². The maximum atomic E-state index is 11.1. The van der Waals surface area contributed by atoms with Crippen molar-refractivity contribution in [3.63, 3.8) is 0 Å². The van der Waals surface area contributed by atoms with E-state index in [0.717, 1.165) is 32.1 Å². The van der Waals surface area contributed by atoms with Crippen LogP contribution in [0.1, 0.15) is 46.0 Å². The Morgan fingerprint density at radius 3 is 2.14 bits per heavy atom. The Bertz CT molecular complexity index is 276. The average molecular weight is 239 g/mol. The van der Waals surface area contributed by atoms with E-state index in [2.05, 4.69) is 13.8 Å². The Morgan fingerprint density at radius 1 is 1.29 bits per heavy atom. The van der Waals surface area contributed by atoms with E-state index in [9.17, 15) is 8.42 Å². The lowest BCUT2D eigenvalue weighted by Crippen LogP contribution is -2.27. The molecule has 1 fully saturated rings. The van der Waals surface area contributed by atoms with Crippen LogP contribution in [0.25, 0.3) is 0 Å². The fourth-order valence-corrected chi connectivity index (χ4v) is 4.60. The molecule has 4 heteroatoms. The highest BCUT2D eigenvalue weighted by molar-refractivity contribution is 8.13. The molecule has 84 valence electrons. The first-order valence-electron chi connectivity index (χ1n) is 5.25. The summed E-state index contributed by atoms with van der Waals surface area (Å²) in [5, 5.41) is 0. The first-order chi connectivity index (χ1) is 6.33. The molecule has 0 amide bonds. The van der Waals surface area contributed by atoms with E-state index in [4.69, 9.17) is 10.7 Å². The van der Waals surface area contributed by atoms with E-state index in [1.807, 2.05) is 0 Å². The molecule has 0 N–H and O–H groups in total. The van der Waals surface area contributed by atoms with Gasteiger partial charge in [-0.3, -0.25) is 0 Å². The topological polar surface area (TPSA) is 34.1 Å². The molecule has 0 bridgehead atoms. The third kappa shape index (κ3) is 3.77. The molecule has 2 nitrogen and oxygen atoms in total. The number of halogens is 1. The van der Waals surface area contributed by atoms with Gasteiger partial charge in [0.05, 0.1) is 5.75 Å². The van der Waals surface area contributed by atoms with Crippen LogP contribution in [-0.4, -0.2) is 14.2 Å². The zero-order valence-electron chi connectivity index (χ0n) is 8.92. The van der Waals surface area contributed by atoms with Gasteiger partial charge in [-0.2, -0.15) is 0 Å². The summed E-state index contributed by atoms with van der Waals surface area (Å²) in [5.41, 5.74) is -0.0191. The molecular formula is C10H19ClO2S. The van der Waals surface area contributed by atoms with E-state index >= 15 is 0 Å². The SMILES string of the molecule is CC(C)CC1(CS(=O)(=O)Cl)CCCC1. The fourth-order valence-electron chi connectivity index (χ4n) is 2.76. The molecule has 0 aromatic heterocycles. The number of hydrogen-bond donors (Lipinski definition) is 0. The monoisotopic (exact) mass is 238 g/mol. The molecule has 0 aromatic rings. The summed E-state index contributed by atoms with van der Waals surface area (Å²) in [5.74, 6) is 0.714. The highest BCUT2D eigenvalue weighted by atomic mass is 35.7. The average Bonchev–Trinajstić information content (AvgIpc) is 2.30. The molecule has 0 saturated heterocycles. The van der Waals surface area contributed by atoms with Crippen molar-refractivity contribution < 1.29 is 8.42 Å². The smallest absolute Gasteiger partial charge is 0.212 e. The second kappa shape index (κ2) is 4.40. The van der Waals surface area contributed by atoms with E-state index in [-0.39, 0.29) is 11.2 Å². The van der Waals surface area contributed by atoms with Gasteiger partial charge in [-0.25, -0.2) is 8.42 Å². The third-order valence-corrected chi connectivity index (χ3v) is 4.27. The van der Waals surface area contributed by atoms with Crippen molar-refractivity contribution in [3.05, 3.63) is 0 Å². The lowest BCUT2D eigenvalue weighted by Gasteiger charge is -2.29. The number of hydrogen-bond acceptors (Lipinski definition) is 2. The van der Waals surface area contributed by atoms with Crippen molar-refractivity contribution in [1.29, 1.82) is 0 Å². The van der Waals surface area contributed by atoms with Gasteiger partial charge in [-0.15, -0.1) is 0 Å². The van der Waals surface area contributed by atoms with Gasteiger partial charge in [0.25, 0.3) is 0 Å². The summed E-state index contributed by atoms with van der Waals surface area (Å²) in [6.07, 6.45) is 5.34. The van der Waals surface area contributed by atoms with Gasteiger partial charge in [0, 0.05) is 10.7 Å². The molecule has 0 radical (unpaired) electrons. The van der Waals surface area contributed by atoms with Crippen LogP contribution >= 0.6 is 10.7 Å². The van der Waals surface area contributed by atoms with E-state index < -0.39 is 9.05 Å². The fraction of sp³-hybridized carbons (Fsp3) is 1.00. The summed E-state index contributed by atoms with van der Waals surface area (Å²) < 4.78 is 22.3. The van der Waals surface area contributed by atoms with Gasteiger partial charge in [0.15, 0.2) is 0 Å². The van der Waals surface area contributed by atoms with Gasteiger partial charge >= 0.3 is 0 Å². The molecule has 0 unspecified atom stereocenters. The van der Waals surface area contributed by atoms with Crippen LogP contribution in [0, 0.1) is 11.3 Å². The van der Waals surface area contributed by atoms with Gasteiger partial charge in [-0.1, -0.05) is 26.7 Å². The molecule has 1 saturated carbocycles. The zero-order chi connectivity index (χ0) is 10.8. The van der Waals surface area contributed by atoms with Crippen molar-refractivity contribution in [2.45, 2.75) is 46.0 Å². The minimum absolute atomic E-state index is 0.0191. The Hall–Kier alpha value is 0.240. The summed E-state index contributed by atoms with van der Waals surface area (Å²) in [7, 11) is 2.02. The summed E-state index contributed by atoms with van der Waals surface area (Å²) in [4.78, 5) is 0. The van der Waals surface area contributed by atoms with Gasteiger partial charge in [0.1, 0.15) is 0 Å². The molecule has 1 aliphatic carbocycles. The molecule has 1 rings (SSSR count). The van der Waals surface area contributed by atoms with E-state index in [1.165, 1.54) is 0 Å². The minimum atomic E-state index is -3.34. The second-order valence-electron chi connectivity index (χ2n) is 4.99. The van der Waals surface area contributed by atoms with E-state index in [1.54, 1.807) is 0 Å². The van der Waals surface area contributed by atoms with Crippen LogP contribution in [0.4, 0.5) is 0 Å². The van der Waals surface area contributed by atoms with Crippen molar-refractivity contribution in [2.24, 2.45) is 11.3 Å². The number of rotatable bonds is 4. The first-order valence-corrected chi connectivity index (χ1v) is 7.73. The highest BCUT2D eigenvalue weighted by Gasteiger charge is 2.37. The van der Waals surface area contributed by atoms with Crippen molar-refractivity contribution in [1.82, 2.24) is 0 Å². The normalized spacial score (nSPS) is 21.7. The molecular weight excluding hydrogens is 220 g/mol. The molecule has 0 atom stereocenters. The Morgan fingerprint density at radius 2 is 1.79 bits per heavy atom. The second-order valence-corrected chi connectivity index (χ2v) is 7.77. The molecule has 0 heterocycles. The predicted molar refractivity (Wildman–Crippen MR) is 60.0 cm³/mol. The largest absolute Gasteiger partial charge is 0.233 e. The molecule has 0 aromatic carbocycles. The lowest BCUT2D eigenvalue weighted by atomic mass is 9.80. The standard InChI is InChI=1S/C10H19ClO2S/c1-9(2)7-10(5-3-4-6-10)8-14(11,12)13/h9H,3-8H2,1-2H3.